The van der Waals surface area contributed by atoms with Crippen LogP contribution in [0.25, 0.3) is 0 Å². The molecule has 4 rings (SSSR count). The number of amides is 1. The molecule has 1 heterocycles. The van der Waals surface area contributed by atoms with Crippen molar-refractivity contribution >= 4 is 11.9 Å². The van der Waals surface area contributed by atoms with Gasteiger partial charge in [0.1, 0.15) is 6.10 Å². The second-order valence-electron chi connectivity index (χ2n) is 9.81. The quantitative estimate of drug-likeness (QED) is 0.529. The number of hydrogen-bond donors (Lipinski definition) is 0. The van der Waals surface area contributed by atoms with Crippen molar-refractivity contribution in [3.05, 3.63) is 11.6 Å². The van der Waals surface area contributed by atoms with E-state index in [1.807, 2.05) is 0 Å². The van der Waals surface area contributed by atoms with Gasteiger partial charge in [0.05, 0.1) is 0 Å². The van der Waals surface area contributed by atoms with Crippen LogP contribution in [0.1, 0.15) is 79.1 Å². The molecule has 6 atom stereocenters. The molecule has 6 unspecified atom stereocenters. The molecule has 27 heavy (non-hydrogen) atoms. The lowest BCUT2D eigenvalue weighted by Crippen LogP contribution is -2.64. The molecule has 0 radical (unpaired) electrons. The van der Waals surface area contributed by atoms with Crippen molar-refractivity contribution in [1.29, 1.82) is 0 Å². The van der Waals surface area contributed by atoms with E-state index in [4.69, 9.17) is 4.74 Å². The zero-order valence-corrected chi connectivity index (χ0v) is 17.4. The van der Waals surface area contributed by atoms with Crippen LogP contribution in [-0.2, 0) is 14.3 Å². The highest BCUT2D eigenvalue weighted by atomic mass is 16.5. The summed E-state index contributed by atoms with van der Waals surface area (Å²) >= 11 is 0. The predicted molar refractivity (Wildman–Crippen MR) is 105 cm³/mol. The fraction of sp³-hybridized carbons (Fsp3) is 0.826. The second-order valence-corrected chi connectivity index (χ2v) is 9.81. The van der Waals surface area contributed by atoms with Crippen molar-refractivity contribution in [2.75, 3.05) is 6.54 Å². The molecule has 0 spiro atoms. The molecular weight excluding hydrogens is 338 g/mol. The van der Waals surface area contributed by atoms with Crippen molar-refractivity contribution in [3.63, 3.8) is 0 Å². The summed E-state index contributed by atoms with van der Waals surface area (Å²) in [5, 5.41) is 0. The summed E-state index contributed by atoms with van der Waals surface area (Å²) in [5.41, 5.74) is 1.82. The summed E-state index contributed by atoms with van der Waals surface area (Å²) in [5.74, 6) is 2.22. The Morgan fingerprint density at radius 2 is 2.00 bits per heavy atom. The van der Waals surface area contributed by atoms with Crippen LogP contribution in [0.4, 0.5) is 0 Å². The van der Waals surface area contributed by atoms with E-state index in [2.05, 4.69) is 31.7 Å². The Bertz CT molecular complexity index is 671. The summed E-state index contributed by atoms with van der Waals surface area (Å²) in [6.07, 6.45) is 10.8. The predicted octanol–water partition coefficient (Wildman–Crippen LogP) is 4.48. The smallest absolute Gasteiger partial charge is 0.302 e. The van der Waals surface area contributed by atoms with Gasteiger partial charge in [0.25, 0.3) is 0 Å². The van der Waals surface area contributed by atoms with Crippen molar-refractivity contribution in [2.45, 2.75) is 90.7 Å². The fourth-order valence-corrected chi connectivity index (χ4v) is 7.36. The molecule has 0 N–H and O–H groups in total. The minimum atomic E-state index is -0.155. The first-order valence-electron chi connectivity index (χ1n) is 11.0. The molecule has 3 fully saturated rings. The van der Waals surface area contributed by atoms with E-state index in [1.54, 1.807) is 0 Å². The largest absolute Gasteiger partial charge is 0.462 e. The number of ether oxygens (including phenoxy) is 1. The van der Waals surface area contributed by atoms with Crippen molar-refractivity contribution in [3.8, 4) is 0 Å². The molecule has 0 aromatic heterocycles. The van der Waals surface area contributed by atoms with Crippen LogP contribution in [0.15, 0.2) is 11.6 Å². The van der Waals surface area contributed by atoms with E-state index >= 15 is 0 Å². The van der Waals surface area contributed by atoms with Gasteiger partial charge in [-0.3, -0.25) is 9.59 Å². The third kappa shape index (κ3) is 2.86. The zero-order valence-electron chi connectivity index (χ0n) is 17.4. The number of piperidine rings is 1. The van der Waals surface area contributed by atoms with Crippen LogP contribution in [-0.4, -0.2) is 35.0 Å². The maximum absolute atomic E-state index is 12.5. The zero-order chi connectivity index (χ0) is 19.4. The van der Waals surface area contributed by atoms with E-state index in [1.165, 1.54) is 18.9 Å². The number of likely N-dealkylation sites (tertiary alicyclic amines) is 1. The average Bonchev–Trinajstić information content (AvgIpc) is 2.60. The Balaban J connectivity index is 1.60. The number of allylic oxidation sites excluding steroid dienone is 1. The van der Waals surface area contributed by atoms with Gasteiger partial charge in [0.2, 0.25) is 5.91 Å². The van der Waals surface area contributed by atoms with Gasteiger partial charge in [-0.2, -0.15) is 0 Å². The van der Waals surface area contributed by atoms with Crippen LogP contribution >= 0.6 is 0 Å². The standard InChI is InChI=1S/C23H35NO3/c1-5-24-21(26)9-8-20-18-7-6-16-14-17(27-15(2)25)10-12-22(16,3)19(18)11-13-23(20,24)4/h6,17-20H,5,7-14H2,1-4H3. The minimum Gasteiger partial charge on any atom is -0.462 e. The SMILES string of the molecule is CCN1C(=O)CCC2C3CC=C4CC(OC(C)=O)CCC4(C)C3CCC21C. The van der Waals surface area contributed by atoms with Crippen LogP contribution in [0.5, 0.6) is 0 Å². The van der Waals surface area contributed by atoms with E-state index in [0.717, 1.165) is 51.5 Å². The van der Waals surface area contributed by atoms with Gasteiger partial charge in [0.15, 0.2) is 0 Å². The van der Waals surface area contributed by atoms with Gasteiger partial charge >= 0.3 is 5.97 Å². The van der Waals surface area contributed by atoms with E-state index in [9.17, 15) is 9.59 Å². The van der Waals surface area contributed by atoms with Gasteiger partial charge in [-0.25, -0.2) is 0 Å². The number of rotatable bonds is 2. The molecule has 4 aliphatic rings. The third-order valence-electron chi connectivity index (χ3n) is 8.65. The topological polar surface area (TPSA) is 46.6 Å². The first kappa shape index (κ1) is 19.0. The molecule has 0 aromatic rings. The number of nitrogens with zero attached hydrogens (tertiary/aromatic N) is 1. The molecule has 0 aromatic carbocycles. The number of fused-ring (bicyclic) bond motifs is 5. The lowest BCUT2D eigenvalue weighted by Gasteiger charge is -2.62. The first-order valence-corrected chi connectivity index (χ1v) is 11.0. The summed E-state index contributed by atoms with van der Waals surface area (Å²) in [7, 11) is 0. The van der Waals surface area contributed by atoms with Gasteiger partial charge in [-0.15, -0.1) is 0 Å². The molecule has 1 saturated heterocycles. The Hall–Kier alpha value is -1.32. The number of carbonyl (C=O) groups excluding carboxylic acids is 2. The lowest BCUT2D eigenvalue weighted by molar-refractivity contribution is -0.158. The van der Waals surface area contributed by atoms with Crippen LogP contribution < -0.4 is 0 Å². The number of carbonyl (C=O) groups is 2. The average molecular weight is 374 g/mol. The molecule has 4 heteroatoms. The highest BCUT2D eigenvalue weighted by Crippen LogP contribution is 2.61. The van der Waals surface area contributed by atoms with Crippen LogP contribution in [0, 0.1) is 23.2 Å². The number of esters is 1. The highest BCUT2D eigenvalue weighted by Gasteiger charge is 2.58. The first-order chi connectivity index (χ1) is 12.8. The lowest BCUT2D eigenvalue weighted by atomic mass is 9.48. The van der Waals surface area contributed by atoms with Crippen molar-refractivity contribution < 1.29 is 14.3 Å². The van der Waals surface area contributed by atoms with Gasteiger partial charge in [-0.1, -0.05) is 18.6 Å². The maximum atomic E-state index is 12.5. The maximum Gasteiger partial charge on any atom is 0.302 e. The molecule has 150 valence electrons. The van der Waals surface area contributed by atoms with Crippen LogP contribution in [0.2, 0.25) is 0 Å². The Morgan fingerprint density at radius 3 is 2.70 bits per heavy atom. The molecule has 3 aliphatic carbocycles. The van der Waals surface area contributed by atoms with Gasteiger partial charge in [0, 0.05) is 31.8 Å². The molecule has 2 saturated carbocycles. The van der Waals surface area contributed by atoms with Crippen molar-refractivity contribution in [1.82, 2.24) is 4.90 Å². The van der Waals surface area contributed by atoms with E-state index in [0.29, 0.717) is 23.7 Å². The molecule has 4 nitrogen and oxygen atoms in total. The second kappa shape index (κ2) is 6.63. The fourth-order valence-electron chi connectivity index (χ4n) is 7.36. The van der Waals surface area contributed by atoms with Gasteiger partial charge < -0.3 is 9.64 Å². The van der Waals surface area contributed by atoms with Crippen molar-refractivity contribution in [2.24, 2.45) is 23.2 Å². The minimum absolute atomic E-state index is 0.0435. The molecule has 1 aliphatic heterocycles. The Morgan fingerprint density at radius 1 is 1.22 bits per heavy atom. The Kier molecular flexibility index (Phi) is 4.67. The Labute approximate surface area is 163 Å². The third-order valence-corrected chi connectivity index (χ3v) is 8.65. The summed E-state index contributed by atoms with van der Waals surface area (Å²) < 4.78 is 5.54. The summed E-state index contributed by atoms with van der Waals surface area (Å²) in [4.78, 5) is 26.1. The summed E-state index contributed by atoms with van der Waals surface area (Å²) in [6, 6.07) is 0. The van der Waals surface area contributed by atoms with E-state index < -0.39 is 0 Å². The van der Waals surface area contributed by atoms with E-state index in [-0.39, 0.29) is 23.0 Å². The number of hydrogen-bond acceptors (Lipinski definition) is 3. The highest BCUT2D eigenvalue weighted by molar-refractivity contribution is 5.78. The normalized spacial score (nSPS) is 43.9. The molecule has 1 amide bonds. The molecular formula is C23H35NO3. The van der Waals surface area contributed by atoms with Gasteiger partial charge in [-0.05, 0) is 75.5 Å². The van der Waals surface area contributed by atoms with Crippen LogP contribution in [0.3, 0.4) is 0 Å². The monoisotopic (exact) mass is 373 g/mol. The summed E-state index contributed by atoms with van der Waals surface area (Å²) in [6.45, 7) is 9.31. The molecule has 0 bridgehead atoms.